The van der Waals surface area contributed by atoms with Gasteiger partial charge in [-0.2, -0.15) is 0 Å². The van der Waals surface area contributed by atoms with E-state index in [0.29, 0.717) is 28.1 Å². The van der Waals surface area contributed by atoms with E-state index in [1.54, 1.807) is 55.5 Å². The van der Waals surface area contributed by atoms with E-state index in [2.05, 4.69) is 5.32 Å². The van der Waals surface area contributed by atoms with Crippen LogP contribution in [0.3, 0.4) is 0 Å². The summed E-state index contributed by atoms with van der Waals surface area (Å²) in [5.41, 5.74) is 1.69. The normalized spacial score (nSPS) is 11.8. The molecule has 1 heterocycles. The molecule has 0 aliphatic rings. The van der Waals surface area contributed by atoms with Gasteiger partial charge < -0.3 is 14.5 Å². The Morgan fingerprint density at radius 3 is 2.42 bits per heavy atom. The third kappa shape index (κ3) is 4.62. The van der Waals surface area contributed by atoms with Gasteiger partial charge in [-0.25, -0.2) is 0 Å². The highest BCUT2D eigenvalue weighted by Gasteiger charge is 2.22. The van der Waals surface area contributed by atoms with Gasteiger partial charge in [0, 0.05) is 17.1 Å². The monoisotopic (exact) mass is 433 g/mol. The second-order valence-electron chi connectivity index (χ2n) is 7.06. The minimum Gasteiger partial charge on any atom is -0.473 e. The summed E-state index contributed by atoms with van der Waals surface area (Å²) in [7, 11) is 0. The Morgan fingerprint density at radius 1 is 1.00 bits per heavy atom. The van der Waals surface area contributed by atoms with Crippen LogP contribution in [-0.4, -0.2) is 12.0 Å². The SMILES string of the molecule is CC(Oc1c(-c2ccc(Cl)cc2)oc2ccccc2c1=O)C(=O)NCc1ccccc1. The quantitative estimate of drug-likeness (QED) is 0.454. The van der Waals surface area contributed by atoms with E-state index in [1.807, 2.05) is 30.3 Å². The van der Waals surface area contributed by atoms with Crippen LogP contribution in [0.4, 0.5) is 0 Å². The number of benzene rings is 3. The minimum atomic E-state index is -0.904. The highest BCUT2D eigenvalue weighted by molar-refractivity contribution is 6.30. The van der Waals surface area contributed by atoms with Gasteiger partial charge in [-0.15, -0.1) is 0 Å². The predicted molar refractivity (Wildman–Crippen MR) is 121 cm³/mol. The molecule has 0 saturated heterocycles. The van der Waals surface area contributed by atoms with E-state index in [-0.39, 0.29) is 22.8 Å². The third-order valence-corrected chi connectivity index (χ3v) is 5.09. The molecule has 3 aromatic carbocycles. The molecular formula is C25H20ClNO4. The smallest absolute Gasteiger partial charge is 0.261 e. The number of carbonyl (C=O) groups is 1. The molecule has 4 aromatic rings. The van der Waals surface area contributed by atoms with Crippen LogP contribution in [0.2, 0.25) is 5.02 Å². The van der Waals surface area contributed by atoms with Gasteiger partial charge in [0.05, 0.1) is 5.39 Å². The Labute approximate surface area is 184 Å². The molecule has 0 bridgehead atoms. The van der Waals surface area contributed by atoms with Crippen molar-refractivity contribution in [1.82, 2.24) is 5.32 Å². The maximum Gasteiger partial charge on any atom is 0.261 e. The topological polar surface area (TPSA) is 68.5 Å². The molecule has 0 aliphatic heterocycles. The van der Waals surface area contributed by atoms with Gasteiger partial charge >= 0.3 is 0 Å². The molecule has 1 atom stereocenters. The summed E-state index contributed by atoms with van der Waals surface area (Å²) in [6.45, 7) is 1.96. The zero-order valence-electron chi connectivity index (χ0n) is 16.8. The molecule has 0 saturated carbocycles. The molecule has 1 unspecified atom stereocenters. The van der Waals surface area contributed by atoms with E-state index in [9.17, 15) is 9.59 Å². The standard InChI is InChI=1S/C25H20ClNO4/c1-16(25(29)27-15-17-7-3-2-4-8-17)30-24-22(28)20-9-5-6-10-21(20)31-23(24)18-11-13-19(26)14-12-18/h2-14,16H,15H2,1H3,(H,27,29). The summed E-state index contributed by atoms with van der Waals surface area (Å²) in [4.78, 5) is 25.8. The lowest BCUT2D eigenvalue weighted by Gasteiger charge is -2.17. The third-order valence-electron chi connectivity index (χ3n) is 4.84. The van der Waals surface area contributed by atoms with Crippen molar-refractivity contribution >= 4 is 28.5 Å². The molecule has 4 rings (SSSR count). The van der Waals surface area contributed by atoms with Crippen molar-refractivity contribution in [2.24, 2.45) is 0 Å². The Bertz CT molecular complexity index is 1270. The Kier molecular flexibility index (Phi) is 6.05. The molecule has 156 valence electrons. The molecule has 1 N–H and O–H groups in total. The van der Waals surface area contributed by atoms with E-state index < -0.39 is 6.10 Å². The van der Waals surface area contributed by atoms with Gasteiger partial charge in [0.1, 0.15) is 5.58 Å². The minimum absolute atomic E-state index is 0.0108. The Morgan fingerprint density at radius 2 is 1.68 bits per heavy atom. The molecule has 6 heteroatoms. The van der Waals surface area contributed by atoms with Gasteiger partial charge in [0.25, 0.3) is 5.91 Å². The van der Waals surface area contributed by atoms with Crippen molar-refractivity contribution in [3.8, 4) is 17.1 Å². The van der Waals surface area contributed by atoms with Gasteiger partial charge in [-0.1, -0.05) is 54.1 Å². The Balaban J connectivity index is 1.66. The number of fused-ring (bicyclic) bond motifs is 1. The number of halogens is 1. The Hall–Kier alpha value is -3.57. The van der Waals surface area contributed by atoms with Crippen LogP contribution < -0.4 is 15.5 Å². The van der Waals surface area contributed by atoms with Gasteiger partial charge in [-0.05, 0) is 48.9 Å². The van der Waals surface area contributed by atoms with Crippen LogP contribution in [0.1, 0.15) is 12.5 Å². The van der Waals surface area contributed by atoms with E-state index in [4.69, 9.17) is 20.8 Å². The first-order valence-corrected chi connectivity index (χ1v) is 10.2. The summed E-state index contributed by atoms with van der Waals surface area (Å²) in [6.07, 6.45) is -0.904. The second-order valence-corrected chi connectivity index (χ2v) is 7.49. The van der Waals surface area contributed by atoms with Crippen LogP contribution in [0.15, 0.2) is 88.1 Å². The molecular weight excluding hydrogens is 414 g/mol. The second kappa shape index (κ2) is 9.06. The number of hydrogen-bond donors (Lipinski definition) is 1. The van der Waals surface area contributed by atoms with E-state index in [0.717, 1.165) is 5.56 Å². The summed E-state index contributed by atoms with van der Waals surface area (Å²) < 4.78 is 11.9. The van der Waals surface area contributed by atoms with Crippen molar-refractivity contribution in [3.63, 3.8) is 0 Å². The van der Waals surface area contributed by atoms with E-state index in [1.165, 1.54) is 0 Å². The molecule has 1 aromatic heterocycles. The molecule has 31 heavy (non-hydrogen) atoms. The lowest BCUT2D eigenvalue weighted by atomic mass is 10.1. The number of carbonyl (C=O) groups excluding carboxylic acids is 1. The number of para-hydroxylation sites is 1. The van der Waals surface area contributed by atoms with Crippen molar-refractivity contribution in [1.29, 1.82) is 0 Å². The largest absolute Gasteiger partial charge is 0.473 e. The number of ether oxygens (including phenoxy) is 1. The number of rotatable bonds is 6. The van der Waals surface area contributed by atoms with Crippen molar-refractivity contribution in [2.75, 3.05) is 0 Å². The first kappa shape index (κ1) is 20.7. The number of hydrogen-bond acceptors (Lipinski definition) is 4. The summed E-state index contributed by atoms with van der Waals surface area (Å²) >= 11 is 6.00. The van der Waals surface area contributed by atoms with Crippen LogP contribution in [-0.2, 0) is 11.3 Å². The summed E-state index contributed by atoms with van der Waals surface area (Å²) in [5, 5.41) is 3.77. The highest BCUT2D eigenvalue weighted by atomic mass is 35.5. The van der Waals surface area contributed by atoms with E-state index >= 15 is 0 Å². The van der Waals surface area contributed by atoms with Crippen LogP contribution in [0, 0.1) is 0 Å². The molecule has 0 spiro atoms. The first-order chi connectivity index (χ1) is 15.0. The molecule has 0 radical (unpaired) electrons. The fraction of sp³-hybridized carbons (Fsp3) is 0.120. The van der Waals surface area contributed by atoms with Gasteiger partial charge in [-0.3, -0.25) is 9.59 Å². The van der Waals surface area contributed by atoms with Crippen molar-refractivity contribution in [3.05, 3.63) is 99.7 Å². The average Bonchev–Trinajstić information content (AvgIpc) is 2.80. The lowest BCUT2D eigenvalue weighted by molar-refractivity contribution is -0.127. The van der Waals surface area contributed by atoms with Gasteiger partial charge in [0.2, 0.25) is 11.2 Å². The van der Waals surface area contributed by atoms with Crippen molar-refractivity contribution < 1.29 is 13.9 Å². The fourth-order valence-corrected chi connectivity index (χ4v) is 3.31. The predicted octanol–water partition coefficient (Wildman–Crippen LogP) is 5.20. The molecule has 1 amide bonds. The molecule has 0 aliphatic carbocycles. The molecule has 5 nitrogen and oxygen atoms in total. The average molecular weight is 434 g/mol. The highest BCUT2D eigenvalue weighted by Crippen LogP contribution is 2.32. The number of amides is 1. The number of nitrogens with one attached hydrogen (secondary N) is 1. The maximum absolute atomic E-state index is 13.2. The van der Waals surface area contributed by atoms with Crippen molar-refractivity contribution in [2.45, 2.75) is 19.6 Å². The lowest BCUT2D eigenvalue weighted by Crippen LogP contribution is -2.36. The maximum atomic E-state index is 13.2. The zero-order valence-corrected chi connectivity index (χ0v) is 17.6. The summed E-state index contributed by atoms with van der Waals surface area (Å²) in [5.74, 6) is -0.0927. The van der Waals surface area contributed by atoms with Crippen LogP contribution in [0.25, 0.3) is 22.3 Å². The fourth-order valence-electron chi connectivity index (χ4n) is 3.18. The summed E-state index contributed by atoms with van der Waals surface area (Å²) in [6, 6.07) is 23.4. The van der Waals surface area contributed by atoms with Crippen LogP contribution >= 0.6 is 11.6 Å². The van der Waals surface area contributed by atoms with Gasteiger partial charge in [0.15, 0.2) is 11.9 Å². The van der Waals surface area contributed by atoms with Crippen LogP contribution in [0.5, 0.6) is 5.75 Å². The molecule has 0 fully saturated rings. The zero-order chi connectivity index (χ0) is 21.8. The first-order valence-electron chi connectivity index (χ1n) is 9.83.